The third-order valence-electron chi connectivity index (χ3n) is 3.39. The summed E-state index contributed by atoms with van der Waals surface area (Å²) in [6.07, 6.45) is 1.29. The zero-order chi connectivity index (χ0) is 10.4. The Balaban J connectivity index is 2.00. The van der Waals surface area contributed by atoms with Gasteiger partial charge in [0.25, 0.3) is 0 Å². The van der Waals surface area contributed by atoms with E-state index in [-0.39, 0.29) is 6.10 Å². The summed E-state index contributed by atoms with van der Waals surface area (Å²) in [4.78, 5) is 0. The molecule has 0 N–H and O–H groups in total. The topological polar surface area (TPSA) is 9.23 Å². The highest BCUT2D eigenvalue weighted by atomic mass is 35.5. The Morgan fingerprint density at radius 1 is 1.33 bits per heavy atom. The van der Waals surface area contributed by atoms with Gasteiger partial charge in [-0.25, -0.2) is 4.39 Å². The highest BCUT2D eigenvalue weighted by Gasteiger charge is 2.40. The van der Waals surface area contributed by atoms with Crippen LogP contribution in [0.15, 0.2) is 18.2 Å². The first-order chi connectivity index (χ1) is 7.25. The van der Waals surface area contributed by atoms with Crippen molar-refractivity contribution >= 4 is 11.6 Å². The quantitative estimate of drug-likeness (QED) is 0.655. The molecule has 2 unspecified atom stereocenters. The Morgan fingerprint density at radius 2 is 2.20 bits per heavy atom. The van der Waals surface area contributed by atoms with Crippen molar-refractivity contribution in [2.45, 2.75) is 37.5 Å². The number of benzene rings is 1. The van der Waals surface area contributed by atoms with Crippen molar-refractivity contribution in [2.24, 2.45) is 0 Å². The summed E-state index contributed by atoms with van der Waals surface area (Å²) in [5.74, 6) is 1.16. The predicted octanol–water partition coefficient (Wildman–Crippen LogP) is 3.71. The molecule has 80 valence electrons. The Kier molecular flexibility index (Phi) is 2.13. The summed E-state index contributed by atoms with van der Waals surface area (Å²) >= 11 is 6.15. The van der Waals surface area contributed by atoms with Crippen LogP contribution in [0, 0.1) is 0 Å². The van der Waals surface area contributed by atoms with Gasteiger partial charge in [0.15, 0.2) is 0 Å². The number of alkyl halides is 1. The van der Waals surface area contributed by atoms with E-state index < -0.39 is 6.17 Å². The highest BCUT2D eigenvalue weighted by molar-refractivity contribution is 6.31. The van der Waals surface area contributed by atoms with Gasteiger partial charge in [0.2, 0.25) is 0 Å². The molecular weight excluding hydrogens is 215 g/mol. The van der Waals surface area contributed by atoms with Gasteiger partial charge in [0.05, 0.1) is 0 Å². The molecule has 3 heteroatoms. The predicted molar refractivity (Wildman–Crippen MR) is 57.4 cm³/mol. The van der Waals surface area contributed by atoms with Crippen LogP contribution in [-0.2, 0) is 0 Å². The van der Waals surface area contributed by atoms with Gasteiger partial charge in [-0.2, -0.15) is 0 Å². The van der Waals surface area contributed by atoms with Gasteiger partial charge in [-0.15, -0.1) is 0 Å². The molecule has 2 aliphatic rings. The van der Waals surface area contributed by atoms with Crippen molar-refractivity contribution in [3.8, 4) is 5.75 Å². The molecule has 3 atom stereocenters. The van der Waals surface area contributed by atoms with E-state index >= 15 is 0 Å². The fourth-order valence-corrected chi connectivity index (χ4v) is 2.99. The molecule has 0 saturated heterocycles. The molecule has 0 amide bonds. The summed E-state index contributed by atoms with van der Waals surface area (Å²) in [6.45, 7) is 0. The van der Waals surface area contributed by atoms with Gasteiger partial charge in [0, 0.05) is 22.9 Å². The molecule has 1 aromatic rings. The number of rotatable bonds is 0. The Hall–Kier alpha value is -0.760. The third-order valence-corrected chi connectivity index (χ3v) is 3.72. The molecule has 0 spiro atoms. The molecule has 1 aliphatic heterocycles. The minimum absolute atomic E-state index is 0.00338. The minimum atomic E-state index is -0.709. The van der Waals surface area contributed by atoms with Crippen molar-refractivity contribution in [3.63, 3.8) is 0 Å². The molecule has 1 heterocycles. The van der Waals surface area contributed by atoms with Crippen LogP contribution in [0.5, 0.6) is 5.75 Å². The fourth-order valence-electron chi connectivity index (χ4n) is 2.68. The monoisotopic (exact) mass is 226 g/mol. The zero-order valence-corrected chi connectivity index (χ0v) is 9.01. The molecule has 3 rings (SSSR count). The number of halogens is 2. The summed E-state index contributed by atoms with van der Waals surface area (Å²) in [5, 5.41) is 0.761. The SMILES string of the molecule is FC1CC[C@@H]2c3c(Cl)cccc3OC2C1. The van der Waals surface area contributed by atoms with Crippen LogP contribution in [0.2, 0.25) is 5.02 Å². The normalized spacial score (nSPS) is 33.1. The minimum Gasteiger partial charge on any atom is -0.489 e. The molecule has 1 saturated carbocycles. The number of fused-ring (bicyclic) bond motifs is 3. The van der Waals surface area contributed by atoms with E-state index in [1.54, 1.807) is 0 Å². The molecule has 0 bridgehead atoms. The average molecular weight is 227 g/mol. The largest absolute Gasteiger partial charge is 0.489 e. The van der Waals surface area contributed by atoms with Crippen LogP contribution in [0.3, 0.4) is 0 Å². The van der Waals surface area contributed by atoms with E-state index in [4.69, 9.17) is 16.3 Å². The van der Waals surface area contributed by atoms with Gasteiger partial charge < -0.3 is 4.74 Å². The Bertz CT molecular complexity index is 393. The van der Waals surface area contributed by atoms with E-state index in [2.05, 4.69) is 0 Å². The summed E-state index contributed by atoms with van der Waals surface area (Å²) in [5.41, 5.74) is 1.09. The van der Waals surface area contributed by atoms with Gasteiger partial charge in [-0.05, 0) is 25.0 Å². The maximum absolute atomic E-state index is 13.2. The first kappa shape index (κ1) is 9.46. The van der Waals surface area contributed by atoms with Gasteiger partial charge >= 0.3 is 0 Å². The number of hydrogen-bond donors (Lipinski definition) is 0. The number of hydrogen-bond acceptors (Lipinski definition) is 1. The second kappa shape index (κ2) is 3.38. The van der Waals surface area contributed by atoms with Crippen LogP contribution < -0.4 is 4.74 Å². The smallest absolute Gasteiger partial charge is 0.124 e. The van der Waals surface area contributed by atoms with E-state index in [9.17, 15) is 4.39 Å². The summed E-state index contributed by atoms with van der Waals surface area (Å²) in [6, 6.07) is 5.69. The van der Waals surface area contributed by atoms with Crippen LogP contribution in [0.4, 0.5) is 4.39 Å². The second-order valence-electron chi connectivity index (χ2n) is 4.32. The van der Waals surface area contributed by atoms with Crippen LogP contribution in [0.1, 0.15) is 30.7 Å². The molecule has 15 heavy (non-hydrogen) atoms. The molecule has 1 aromatic carbocycles. The first-order valence-electron chi connectivity index (χ1n) is 5.35. The molecular formula is C12H12ClFO. The van der Waals surface area contributed by atoms with Crippen molar-refractivity contribution in [1.29, 1.82) is 0 Å². The van der Waals surface area contributed by atoms with Gasteiger partial charge in [-0.1, -0.05) is 17.7 Å². The third kappa shape index (κ3) is 1.43. The maximum atomic E-state index is 13.2. The first-order valence-corrected chi connectivity index (χ1v) is 5.72. The molecule has 1 aliphatic carbocycles. The lowest BCUT2D eigenvalue weighted by Gasteiger charge is -2.26. The van der Waals surface area contributed by atoms with Crippen LogP contribution >= 0.6 is 11.6 Å². The lowest BCUT2D eigenvalue weighted by molar-refractivity contribution is 0.107. The Labute approximate surface area is 93.2 Å². The van der Waals surface area contributed by atoms with Crippen LogP contribution in [-0.4, -0.2) is 12.3 Å². The van der Waals surface area contributed by atoms with Crippen molar-refractivity contribution in [3.05, 3.63) is 28.8 Å². The average Bonchev–Trinajstić information content (AvgIpc) is 2.56. The Morgan fingerprint density at radius 3 is 3.07 bits per heavy atom. The lowest BCUT2D eigenvalue weighted by atomic mass is 9.82. The second-order valence-corrected chi connectivity index (χ2v) is 4.73. The van der Waals surface area contributed by atoms with Crippen molar-refractivity contribution in [2.75, 3.05) is 0 Å². The molecule has 1 nitrogen and oxygen atoms in total. The van der Waals surface area contributed by atoms with E-state index in [0.29, 0.717) is 18.8 Å². The summed E-state index contributed by atoms with van der Waals surface area (Å²) in [7, 11) is 0. The van der Waals surface area contributed by atoms with Gasteiger partial charge in [0.1, 0.15) is 18.0 Å². The maximum Gasteiger partial charge on any atom is 0.124 e. The van der Waals surface area contributed by atoms with E-state index in [0.717, 1.165) is 22.8 Å². The van der Waals surface area contributed by atoms with E-state index in [1.807, 2.05) is 18.2 Å². The fraction of sp³-hybridized carbons (Fsp3) is 0.500. The molecule has 0 radical (unpaired) electrons. The van der Waals surface area contributed by atoms with Crippen molar-refractivity contribution < 1.29 is 9.13 Å². The zero-order valence-electron chi connectivity index (χ0n) is 8.25. The van der Waals surface area contributed by atoms with Crippen LogP contribution in [0.25, 0.3) is 0 Å². The molecule has 1 fully saturated rings. The number of ether oxygens (including phenoxy) is 1. The van der Waals surface area contributed by atoms with E-state index in [1.165, 1.54) is 0 Å². The summed E-state index contributed by atoms with van der Waals surface area (Å²) < 4.78 is 19.0. The highest BCUT2D eigenvalue weighted by Crippen LogP contribution is 2.48. The lowest BCUT2D eigenvalue weighted by Crippen LogP contribution is -2.28. The van der Waals surface area contributed by atoms with Gasteiger partial charge in [-0.3, -0.25) is 0 Å². The standard InChI is InChI=1S/C12H12ClFO/c13-9-2-1-3-10-12(9)8-5-4-7(14)6-11(8)15-10/h1-3,7-8,11H,4-6H2/t7?,8-,11?/m0/s1. The van der Waals surface area contributed by atoms with Crippen molar-refractivity contribution in [1.82, 2.24) is 0 Å². The molecule has 0 aromatic heterocycles.